The Hall–Kier alpha value is -3.48. The van der Waals surface area contributed by atoms with Gasteiger partial charge in [-0.15, -0.1) is 0 Å². The zero-order chi connectivity index (χ0) is 19.1. The largest absolute Gasteiger partial charge is 0.345 e. The van der Waals surface area contributed by atoms with Crippen molar-refractivity contribution in [2.75, 3.05) is 0 Å². The van der Waals surface area contributed by atoms with E-state index in [9.17, 15) is 14.9 Å². The number of benzene rings is 2. The molecule has 0 saturated carbocycles. The van der Waals surface area contributed by atoms with Crippen molar-refractivity contribution >= 4 is 11.6 Å². The SMILES string of the molecule is O=C(CCCn1cc([N+](=O)[O-])cn1)NC(c1ccccc1)c1ccccc1. The maximum absolute atomic E-state index is 12.5. The van der Waals surface area contributed by atoms with E-state index in [1.54, 1.807) is 0 Å². The van der Waals surface area contributed by atoms with Crippen molar-refractivity contribution in [3.8, 4) is 0 Å². The average molecular weight is 364 g/mol. The van der Waals surface area contributed by atoms with E-state index in [0.717, 1.165) is 11.1 Å². The Kier molecular flexibility index (Phi) is 5.94. The second-order valence-corrected chi connectivity index (χ2v) is 6.14. The molecule has 27 heavy (non-hydrogen) atoms. The average Bonchev–Trinajstić information content (AvgIpc) is 3.17. The van der Waals surface area contributed by atoms with Crippen molar-refractivity contribution in [2.45, 2.75) is 25.4 Å². The molecule has 0 spiro atoms. The first kappa shape index (κ1) is 18.3. The summed E-state index contributed by atoms with van der Waals surface area (Å²) in [5, 5.41) is 17.7. The van der Waals surface area contributed by atoms with Crippen LogP contribution in [0.5, 0.6) is 0 Å². The maximum Gasteiger partial charge on any atom is 0.306 e. The van der Waals surface area contributed by atoms with Gasteiger partial charge in [0.05, 0.1) is 11.0 Å². The standard InChI is InChI=1S/C20H20N4O3/c25-19(12-7-13-23-15-18(14-21-23)24(26)27)22-20(16-8-3-1-4-9-16)17-10-5-2-6-11-17/h1-6,8-11,14-15,20H,7,12-13H2,(H,22,25). The molecule has 1 aromatic heterocycles. The lowest BCUT2D eigenvalue weighted by molar-refractivity contribution is -0.385. The van der Waals surface area contributed by atoms with Crippen molar-refractivity contribution in [3.63, 3.8) is 0 Å². The molecule has 7 nitrogen and oxygen atoms in total. The fraction of sp³-hybridized carbons (Fsp3) is 0.200. The molecule has 0 radical (unpaired) electrons. The first-order valence-electron chi connectivity index (χ1n) is 8.69. The van der Waals surface area contributed by atoms with Crippen molar-refractivity contribution in [1.82, 2.24) is 15.1 Å². The third-order valence-electron chi connectivity index (χ3n) is 4.19. The summed E-state index contributed by atoms with van der Waals surface area (Å²) < 4.78 is 1.48. The van der Waals surface area contributed by atoms with E-state index >= 15 is 0 Å². The molecule has 7 heteroatoms. The highest BCUT2D eigenvalue weighted by Gasteiger charge is 2.16. The fourth-order valence-electron chi connectivity index (χ4n) is 2.85. The molecule has 0 aliphatic heterocycles. The summed E-state index contributed by atoms with van der Waals surface area (Å²) in [6.45, 7) is 0.447. The Morgan fingerprint density at radius 2 is 1.67 bits per heavy atom. The Morgan fingerprint density at radius 3 is 2.19 bits per heavy atom. The van der Waals surface area contributed by atoms with Gasteiger partial charge in [-0.2, -0.15) is 5.10 Å². The van der Waals surface area contributed by atoms with Gasteiger partial charge in [-0.05, 0) is 17.5 Å². The van der Waals surface area contributed by atoms with Crippen LogP contribution < -0.4 is 5.32 Å². The van der Waals surface area contributed by atoms with Crippen molar-refractivity contribution in [1.29, 1.82) is 0 Å². The molecule has 0 aliphatic rings. The summed E-state index contributed by atoms with van der Waals surface area (Å²) in [7, 11) is 0. The minimum atomic E-state index is -0.486. The van der Waals surface area contributed by atoms with Crippen LogP contribution >= 0.6 is 0 Å². The topological polar surface area (TPSA) is 90.1 Å². The van der Waals surface area contributed by atoms with Gasteiger partial charge in [0.15, 0.2) is 0 Å². The molecule has 0 fully saturated rings. The van der Waals surface area contributed by atoms with E-state index in [1.165, 1.54) is 17.1 Å². The predicted molar refractivity (Wildman–Crippen MR) is 101 cm³/mol. The Morgan fingerprint density at radius 1 is 1.07 bits per heavy atom. The summed E-state index contributed by atoms with van der Waals surface area (Å²) in [4.78, 5) is 22.6. The molecule has 3 aromatic rings. The van der Waals surface area contributed by atoms with Gasteiger partial charge < -0.3 is 5.32 Å². The molecular weight excluding hydrogens is 344 g/mol. The van der Waals surface area contributed by atoms with Gasteiger partial charge >= 0.3 is 5.69 Å². The number of hydrogen-bond donors (Lipinski definition) is 1. The van der Waals surface area contributed by atoms with E-state index in [4.69, 9.17) is 0 Å². The lowest BCUT2D eigenvalue weighted by Crippen LogP contribution is -2.29. The van der Waals surface area contributed by atoms with Crippen molar-refractivity contribution in [2.24, 2.45) is 0 Å². The van der Waals surface area contributed by atoms with Crippen LogP contribution in [0.3, 0.4) is 0 Å². The summed E-state index contributed by atoms with van der Waals surface area (Å²) in [6, 6.07) is 19.4. The zero-order valence-electron chi connectivity index (χ0n) is 14.7. The van der Waals surface area contributed by atoms with Crippen molar-refractivity contribution in [3.05, 3.63) is 94.3 Å². The number of nitro groups is 1. The molecule has 2 aromatic carbocycles. The van der Waals surface area contributed by atoms with Crippen LogP contribution in [0.15, 0.2) is 73.1 Å². The second-order valence-electron chi connectivity index (χ2n) is 6.14. The van der Waals surface area contributed by atoms with E-state index in [1.807, 2.05) is 60.7 Å². The number of rotatable bonds is 8. The number of nitrogens with one attached hydrogen (secondary N) is 1. The number of carbonyl (C=O) groups is 1. The van der Waals surface area contributed by atoms with Gasteiger partial charge in [0.25, 0.3) is 0 Å². The Labute approximate surface area is 156 Å². The molecule has 0 aliphatic carbocycles. The van der Waals surface area contributed by atoms with Crippen LogP contribution in [0, 0.1) is 10.1 Å². The molecule has 0 atom stereocenters. The molecule has 0 bridgehead atoms. The smallest absolute Gasteiger partial charge is 0.306 e. The zero-order valence-corrected chi connectivity index (χ0v) is 14.7. The molecule has 1 heterocycles. The first-order chi connectivity index (χ1) is 13.1. The number of carbonyl (C=O) groups excluding carboxylic acids is 1. The number of amides is 1. The molecule has 3 rings (SSSR count). The van der Waals surface area contributed by atoms with Crippen LogP contribution in [0.25, 0.3) is 0 Å². The third kappa shape index (κ3) is 5.01. The lowest BCUT2D eigenvalue weighted by atomic mass is 9.98. The van der Waals surface area contributed by atoms with Crippen LogP contribution in [0.2, 0.25) is 0 Å². The van der Waals surface area contributed by atoms with Gasteiger partial charge in [-0.25, -0.2) is 0 Å². The number of nitrogens with zero attached hydrogens (tertiary/aromatic N) is 3. The summed E-state index contributed by atoms with van der Waals surface area (Å²) in [5.74, 6) is -0.0747. The number of hydrogen-bond acceptors (Lipinski definition) is 4. The molecule has 0 unspecified atom stereocenters. The van der Waals surface area contributed by atoms with Crippen molar-refractivity contribution < 1.29 is 9.72 Å². The monoisotopic (exact) mass is 364 g/mol. The van der Waals surface area contributed by atoms with Crippen LogP contribution in [-0.4, -0.2) is 20.6 Å². The minimum Gasteiger partial charge on any atom is -0.345 e. The maximum atomic E-state index is 12.5. The predicted octanol–water partition coefficient (Wildman–Crippen LogP) is 3.48. The highest BCUT2D eigenvalue weighted by Crippen LogP contribution is 2.22. The summed E-state index contributed by atoms with van der Waals surface area (Å²) in [6.07, 6.45) is 3.43. The van der Waals surface area contributed by atoms with Crippen LogP contribution in [0.1, 0.15) is 30.0 Å². The highest BCUT2D eigenvalue weighted by molar-refractivity contribution is 5.77. The van der Waals surface area contributed by atoms with Crippen LogP contribution in [-0.2, 0) is 11.3 Å². The third-order valence-corrected chi connectivity index (χ3v) is 4.19. The Balaban J connectivity index is 1.60. The van der Waals surface area contributed by atoms with E-state index in [2.05, 4.69) is 10.4 Å². The van der Waals surface area contributed by atoms with E-state index in [0.29, 0.717) is 19.4 Å². The minimum absolute atomic E-state index is 0.0485. The van der Waals surface area contributed by atoms with Gasteiger partial charge in [-0.3, -0.25) is 19.6 Å². The van der Waals surface area contributed by atoms with Crippen LogP contribution in [0.4, 0.5) is 5.69 Å². The van der Waals surface area contributed by atoms with Gasteiger partial charge in [-0.1, -0.05) is 60.7 Å². The highest BCUT2D eigenvalue weighted by atomic mass is 16.6. The van der Waals surface area contributed by atoms with E-state index < -0.39 is 4.92 Å². The van der Waals surface area contributed by atoms with Gasteiger partial charge in [0.2, 0.25) is 5.91 Å². The summed E-state index contributed by atoms with van der Waals surface area (Å²) >= 11 is 0. The quantitative estimate of drug-likeness (QED) is 0.489. The molecular formula is C20H20N4O3. The van der Waals surface area contributed by atoms with Gasteiger partial charge in [0.1, 0.15) is 12.4 Å². The molecule has 1 N–H and O–H groups in total. The molecule has 1 amide bonds. The normalized spacial score (nSPS) is 10.7. The van der Waals surface area contributed by atoms with Gasteiger partial charge in [0, 0.05) is 13.0 Å². The number of aryl methyl sites for hydroxylation is 1. The molecule has 0 saturated heterocycles. The second kappa shape index (κ2) is 8.75. The fourth-order valence-corrected chi connectivity index (χ4v) is 2.85. The molecule has 138 valence electrons. The number of aromatic nitrogens is 2. The van der Waals surface area contributed by atoms with E-state index in [-0.39, 0.29) is 17.6 Å². The first-order valence-corrected chi connectivity index (χ1v) is 8.69. The Bertz CT molecular complexity index is 854. The lowest BCUT2D eigenvalue weighted by Gasteiger charge is -2.20. The summed E-state index contributed by atoms with van der Waals surface area (Å²) in [5.41, 5.74) is 1.98.